The van der Waals surface area contributed by atoms with Crippen molar-refractivity contribution in [3.8, 4) is 11.8 Å². The molecular formula is C18H26N2O. The van der Waals surface area contributed by atoms with Crippen molar-refractivity contribution < 1.29 is 4.74 Å². The molecule has 0 aromatic heterocycles. The van der Waals surface area contributed by atoms with Crippen LogP contribution in [0.2, 0.25) is 0 Å². The Labute approximate surface area is 128 Å². The Hall–Kier alpha value is -1.53. The molecule has 1 aromatic carbocycles. The second-order valence-corrected chi connectivity index (χ2v) is 6.13. The van der Waals surface area contributed by atoms with E-state index in [4.69, 9.17) is 10.00 Å². The minimum absolute atomic E-state index is 0.568. The maximum atomic E-state index is 9.03. The SMILES string of the molecule is CCC1(CC)CCN(Cc2ccc(C#N)c(OC)c2)CC1. The van der Waals surface area contributed by atoms with Gasteiger partial charge in [0.1, 0.15) is 11.8 Å². The molecule has 1 heterocycles. The molecular weight excluding hydrogens is 260 g/mol. The molecule has 0 aliphatic carbocycles. The van der Waals surface area contributed by atoms with Crippen LogP contribution in [-0.2, 0) is 6.54 Å². The van der Waals surface area contributed by atoms with Crippen molar-refractivity contribution in [2.24, 2.45) is 5.41 Å². The highest BCUT2D eigenvalue weighted by Gasteiger charge is 2.31. The summed E-state index contributed by atoms with van der Waals surface area (Å²) in [7, 11) is 1.62. The Bertz CT molecular complexity index is 504. The molecule has 114 valence electrons. The van der Waals surface area contributed by atoms with Gasteiger partial charge in [0.2, 0.25) is 0 Å². The average molecular weight is 286 g/mol. The summed E-state index contributed by atoms with van der Waals surface area (Å²) in [5.74, 6) is 0.684. The number of rotatable bonds is 5. The minimum Gasteiger partial charge on any atom is -0.495 e. The van der Waals surface area contributed by atoms with Gasteiger partial charge in [0, 0.05) is 6.54 Å². The van der Waals surface area contributed by atoms with Crippen LogP contribution in [0.1, 0.15) is 50.7 Å². The summed E-state index contributed by atoms with van der Waals surface area (Å²) in [5.41, 5.74) is 2.40. The molecule has 0 amide bonds. The minimum atomic E-state index is 0.568. The van der Waals surface area contributed by atoms with Crippen molar-refractivity contribution in [2.45, 2.75) is 46.1 Å². The van der Waals surface area contributed by atoms with Gasteiger partial charge in [0.15, 0.2) is 0 Å². The monoisotopic (exact) mass is 286 g/mol. The summed E-state index contributed by atoms with van der Waals surface area (Å²) in [6.45, 7) is 7.94. The Morgan fingerprint density at radius 2 is 1.90 bits per heavy atom. The van der Waals surface area contributed by atoms with Crippen molar-refractivity contribution in [1.29, 1.82) is 5.26 Å². The summed E-state index contributed by atoms with van der Waals surface area (Å²) in [6, 6.07) is 8.07. The van der Waals surface area contributed by atoms with Crippen molar-refractivity contribution >= 4 is 0 Å². The third-order valence-electron chi connectivity index (χ3n) is 5.21. The summed E-state index contributed by atoms with van der Waals surface area (Å²) < 4.78 is 5.29. The molecule has 0 spiro atoms. The quantitative estimate of drug-likeness (QED) is 0.821. The number of nitrogens with zero attached hydrogens (tertiary/aromatic N) is 2. The van der Waals surface area contributed by atoms with E-state index >= 15 is 0 Å². The molecule has 0 radical (unpaired) electrons. The predicted molar refractivity (Wildman–Crippen MR) is 85.2 cm³/mol. The fraction of sp³-hybridized carbons (Fsp3) is 0.611. The first-order valence-electron chi connectivity index (χ1n) is 7.95. The largest absolute Gasteiger partial charge is 0.495 e. The molecule has 0 bridgehead atoms. The fourth-order valence-corrected chi connectivity index (χ4v) is 3.33. The lowest BCUT2D eigenvalue weighted by Gasteiger charge is -2.41. The maximum absolute atomic E-state index is 9.03. The number of ether oxygens (including phenoxy) is 1. The van der Waals surface area contributed by atoms with E-state index < -0.39 is 0 Å². The second-order valence-electron chi connectivity index (χ2n) is 6.13. The zero-order valence-electron chi connectivity index (χ0n) is 13.5. The van der Waals surface area contributed by atoms with Crippen molar-refractivity contribution in [1.82, 2.24) is 4.90 Å². The third kappa shape index (κ3) is 3.57. The molecule has 0 atom stereocenters. The van der Waals surface area contributed by atoms with E-state index in [1.54, 1.807) is 7.11 Å². The van der Waals surface area contributed by atoms with Crippen LogP contribution in [0, 0.1) is 16.7 Å². The molecule has 1 aliphatic rings. The van der Waals surface area contributed by atoms with Crippen LogP contribution in [0.3, 0.4) is 0 Å². The Morgan fingerprint density at radius 1 is 1.24 bits per heavy atom. The van der Waals surface area contributed by atoms with Gasteiger partial charge in [-0.3, -0.25) is 4.90 Å². The van der Waals surface area contributed by atoms with E-state index in [2.05, 4.69) is 24.8 Å². The summed E-state index contributed by atoms with van der Waals surface area (Å²) in [6.07, 6.45) is 5.19. The van der Waals surface area contributed by atoms with E-state index in [9.17, 15) is 0 Å². The standard InChI is InChI=1S/C18H26N2O/c1-4-18(5-2)8-10-20(11-9-18)14-15-6-7-16(13-19)17(12-15)21-3/h6-7,12H,4-5,8-11,14H2,1-3H3. The lowest BCUT2D eigenvalue weighted by molar-refractivity contribution is 0.0908. The molecule has 3 nitrogen and oxygen atoms in total. The van der Waals surface area contributed by atoms with Crippen LogP contribution in [0.5, 0.6) is 5.75 Å². The summed E-state index contributed by atoms with van der Waals surface area (Å²) >= 11 is 0. The maximum Gasteiger partial charge on any atom is 0.136 e. The van der Waals surface area contributed by atoms with Gasteiger partial charge in [-0.2, -0.15) is 5.26 Å². The van der Waals surface area contributed by atoms with Crippen LogP contribution >= 0.6 is 0 Å². The number of methoxy groups -OCH3 is 1. The molecule has 1 saturated heterocycles. The summed E-state index contributed by atoms with van der Waals surface area (Å²) in [5, 5.41) is 9.03. The summed E-state index contributed by atoms with van der Waals surface area (Å²) in [4.78, 5) is 2.52. The van der Waals surface area contributed by atoms with Gasteiger partial charge in [-0.05, 0) is 49.0 Å². The van der Waals surface area contributed by atoms with Crippen LogP contribution < -0.4 is 4.74 Å². The number of benzene rings is 1. The van der Waals surface area contributed by atoms with Gasteiger partial charge in [-0.25, -0.2) is 0 Å². The highest BCUT2D eigenvalue weighted by atomic mass is 16.5. The van der Waals surface area contributed by atoms with Crippen LogP contribution in [0.25, 0.3) is 0 Å². The third-order valence-corrected chi connectivity index (χ3v) is 5.21. The predicted octanol–water partition coefficient (Wildman–Crippen LogP) is 3.97. The molecule has 21 heavy (non-hydrogen) atoms. The van der Waals surface area contributed by atoms with E-state index in [1.807, 2.05) is 18.2 Å². The van der Waals surface area contributed by atoms with Gasteiger partial charge in [0.05, 0.1) is 12.7 Å². The molecule has 0 saturated carbocycles. The van der Waals surface area contributed by atoms with Gasteiger partial charge in [-0.15, -0.1) is 0 Å². The van der Waals surface area contributed by atoms with Gasteiger partial charge in [-0.1, -0.05) is 32.8 Å². The zero-order chi connectivity index (χ0) is 15.3. The Balaban J connectivity index is 1.99. The lowest BCUT2D eigenvalue weighted by atomic mass is 9.74. The van der Waals surface area contributed by atoms with Crippen molar-refractivity contribution in [3.05, 3.63) is 29.3 Å². The first kappa shape index (κ1) is 15.9. The Morgan fingerprint density at radius 3 is 2.43 bits per heavy atom. The number of piperidine rings is 1. The van der Waals surface area contributed by atoms with Gasteiger partial charge < -0.3 is 4.74 Å². The highest BCUT2D eigenvalue weighted by molar-refractivity contribution is 5.45. The van der Waals surface area contributed by atoms with Crippen molar-refractivity contribution in [3.63, 3.8) is 0 Å². The van der Waals surface area contributed by atoms with Crippen LogP contribution in [0.4, 0.5) is 0 Å². The topological polar surface area (TPSA) is 36.3 Å². The van der Waals surface area contributed by atoms with Gasteiger partial charge >= 0.3 is 0 Å². The molecule has 1 fully saturated rings. The Kier molecular flexibility index (Phi) is 5.25. The lowest BCUT2D eigenvalue weighted by Crippen LogP contribution is -2.39. The van der Waals surface area contributed by atoms with Crippen LogP contribution in [-0.4, -0.2) is 25.1 Å². The average Bonchev–Trinajstić information content (AvgIpc) is 2.55. The fourth-order valence-electron chi connectivity index (χ4n) is 3.33. The van der Waals surface area contributed by atoms with Gasteiger partial charge in [0.25, 0.3) is 0 Å². The molecule has 3 heteroatoms. The van der Waals surface area contributed by atoms with E-state index in [1.165, 1.54) is 44.3 Å². The molecule has 0 N–H and O–H groups in total. The zero-order valence-corrected chi connectivity index (χ0v) is 13.5. The highest BCUT2D eigenvalue weighted by Crippen LogP contribution is 2.38. The number of likely N-dealkylation sites (tertiary alicyclic amines) is 1. The second kappa shape index (κ2) is 6.95. The van der Waals surface area contributed by atoms with Crippen molar-refractivity contribution in [2.75, 3.05) is 20.2 Å². The number of hydrogen-bond donors (Lipinski definition) is 0. The smallest absolute Gasteiger partial charge is 0.136 e. The molecule has 1 aliphatic heterocycles. The van der Waals surface area contributed by atoms with E-state index in [0.29, 0.717) is 16.7 Å². The number of nitriles is 1. The van der Waals surface area contributed by atoms with Crippen LogP contribution in [0.15, 0.2) is 18.2 Å². The number of hydrogen-bond acceptors (Lipinski definition) is 3. The normalized spacial score (nSPS) is 18.2. The molecule has 0 unspecified atom stereocenters. The van der Waals surface area contributed by atoms with E-state index in [-0.39, 0.29) is 0 Å². The first-order valence-corrected chi connectivity index (χ1v) is 7.95. The molecule has 2 rings (SSSR count). The first-order chi connectivity index (χ1) is 10.2. The van der Waals surface area contributed by atoms with E-state index in [0.717, 1.165) is 6.54 Å². The molecule has 1 aromatic rings.